The van der Waals surface area contributed by atoms with Crippen molar-refractivity contribution >= 4 is 39.1 Å². The number of carbonyl (C=O) groups excluding carboxylic acids is 2. The lowest BCUT2D eigenvalue weighted by Crippen LogP contribution is -2.23. The molecule has 0 aliphatic carbocycles. The summed E-state index contributed by atoms with van der Waals surface area (Å²) in [4.78, 5) is 24.3. The molecular weight excluding hydrogens is 437 g/mol. The molecule has 0 saturated heterocycles. The fourth-order valence-electron chi connectivity index (χ4n) is 2.60. The number of carbonyl (C=O) groups is 2. The molecule has 3 N–H and O–H groups in total. The lowest BCUT2D eigenvalue weighted by molar-refractivity contribution is -0.114. The van der Waals surface area contributed by atoms with Crippen molar-refractivity contribution in [1.29, 1.82) is 0 Å². The van der Waals surface area contributed by atoms with Crippen LogP contribution in [0, 0.1) is 5.82 Å². The van der Waals surface area contributed by atoms with Crippen molar-refractivity contribution < 1.29 is 14.0 Å². The molecule has 0 aromatic heterocycles. The largest absolute Gasteiger partial charge is 0.376 e. The lowest BCUT2D eigenvalue weighted by Gasteiger charge is -2.10. The summed E-state index contributed by atoms with van der Waals surface area (Å²) in [6.45, 7) is 0.195. The van der Waals surface area contributed by atoms with E-state index in [0.29, 0.717) is 22.5 Å². The molecule has 0 radical (unpaired) electrons. The maximum absolute atomic E-state index is 13.6. The third kappa shape index (κ3) is 5.89. The van der Waals surface area contributed by atoms with Gasteiger partial charge in [-0.2, -0.15) is 0 Å². The Morgan fingerprint density at radius 2 is 1.59 bits per heavy atom. The molecule has 2 amide bonds. The van der Waals surface area contributed by atoms with Crippen molar-refractivity contribution in [2.24, 2.45) is 0 Å². The quantitative estimate of drug-likeness (QED) is 0.488. The molecule has 0 aliphatic rings. The zero-order valence-electron chi connectivity index (χ0n) is 15.4. The fraction of sp³-hybridized carbons (Fsp3) is 0.0909. The minimum Gasteiger partial charge on any atom is -0.376 e. The fourth-order valence-corrected chi connectivity index (χ4v) is 2.98. The predicted octanol–water partition coefficient (Wildman–Crippen LogP) is 4.57. The first kappa shape index (κ1) is 20.5. The zero-order chi connectivity index (χ0) is 20.6. The molecule has 0 saturated carbocycles. The Morgan fingerprint density at radius 1 is 0.897 bits per heavy atom. The summed E-state index contributed by atoms with van der Waals surface area (Å²) in [5.41, 5.74) is 2.28. The SMILES string of the molecule is O=C(CNc1ccc(C(=O)NCc2ccccc2F)cc1)Nc1ccccc1Br. The summed E-state index contributed by atoms with van der Waals surface area (Å²) in [6.07, 6.45) is 0. The van der Waals surface area contributed by atoms with Gasteiger partial charge in [-0.15, -0.1) is 0 Å². The van der Waals surface area contributed by atoms with Gasteiger partial charge in [0.2, 0.25) is 5.91 Å². The average molecular weight is 456 g/mol. The topological polar surface area (TPSA) is 70.2 Å². The Morgan fingerprint density at radius 3 is 2.31 bits per heavy atom. The third-order valence-corrected chi connectivity index (χ3v) is 4.84. The lowest BCUT2D eigenvalue weighted by atomic mass is 10.1. The van der Waals surface area contributed by atoms with E-state index >= 15 is 0 Å². The summed E-state index contributed by atoms with van der Waals surface area (Å²) in [5.74, 6) is -0.844. The van der Waals surface area contributed by atoms with Crippen molar-refractivity contribution in [2.45, 2.75) is 6.54 Å². The Kier molecular flexibility index (Phi) is 6.97. The zero-order valence-corrected chi connectivity index (χ0v) is 17.0. The Hall–Kier alpha value is -3.19. The van der Waals surface area contributed by atoms with Crippen LogP contribution in [0.15, 0.2) is 77.3 Å². The molecular formula is C22H19BrFN3O2. The van der Waals surface area contributed by atoms with E-state index in [1.54, 1.807) is 48.5 Å². The van der Waals surface area contributed by atoms with Gasteiger partial charge in [0.05, 0.1) is 12.2 Å². The first-order chi connectivity index (χ1) is 14.0. The molecule has 5 nitrogen and oxygen atoms in total. The molecule has 0 bridgehead atoms. The molecule has 29 heavy (non-hydrogen) atoms. The predicted molar refractivity (Wildman–Crippen MR) is 115 cm³/mol. The van der Waals surface area contributed by atoms with Crippen molar-refractivity contribution in [3.05, 3.63) is 94.2 Å². The number of anilines is 2. The van der Waals surface area contributed by atoms with Crippen molar-refractivity contribution in [1.82, 2.24) is 5.32 Å². The monoisotopic (exact) mass is 455 g/mol. The van der Waals surface area contributed by atoms with E-state index in [1.165, 1.54) is 6.07 Å². The van der Waals surface area contributed by atoms with Gasteiger partial charge >= 0.3 is 0 Å². The van der Waals surface area contributed by atoms with Gasteiger partial charge in [-0.25, -0.2) is 4.39 Å². The summed E-state index contributed by atoms with van der Waals surface area (Å²) in [6, 6.07) is 20.4. The molecule has 0 aliphatic heterocycles. The van der Waals surface area contributed by atoms with Gasteiger partial charge in [-0.1, -0.05) is 30.3 Å². The Balaban J connectivity index is 1.49. The molecule has 7 heteroatoms. The minimum absolute atomic E-state index is 0.0835. The number of hydrogen-bond donors (Lipinski definition) is 3. The number of halogens is 2. The molecule has 3 aromatic rings. The molecule has 0 spiro atoms. The van der Waals surface area contributed by atoms with E-state index in [4.69, 9.17) is 0 Å². The van der Waals surface area contributed by atoms with Gasteiger partial charge in [-0.05, 0) is 58.4 Å². The summed E-state index contributed by atoms with van der Waals surface area (Å²) < 4.78 is 14.4. The standard InChI is InChI=1S/C22H19BrFN3O2/c23-18-6-2-4-8-20(18)27-21(28)14-25-17-11-9-15(10-12-17)22(29)26-13-16-5-1-3-7-19(16)24/h1-12,25H,13-14H2,(H,26,29)(H,27,28). The normalized spacial score (nSPS) is 10.3. The van der Waals surface area contributed by atoms with Crippen LogP contribution in [0.4, 0.5) is 15.8 Å². The summed E-state index contributed by atoms with van der Waals surface area (Å²) in [5, 5.41) is 8.50. The van der Waals surface area contributed by atoms with Crippen LogP contribution in [-0.4, -0.2) is 18.4 Å². The molecule has 148 valence electrons. The highest BCUT2D eigenvalue weighted by atomic mass is 79.9. The first-order valence-corrected chi connectivity index (χ1v) is 9.72. The van der Waals surface area contributed by atoms with Gasteiger partial charge in [0.15, 0.2) is 0 Å². The van der Waals surface area contributed by atoms with Crippen LogP contribution < -0.4 is 16.0 Å². The summed E-state index contributed by atoms with van der Waals surface area (Å²) >= 11 is 3.38. The van der Waals surface area contributed by atoms with E-state index in [0.717, 1.165) is 4.47 Å². The molecule has 0 unspecified atom stereocenters. The highest BCUT2D eigenvalue weighted by Crippen LogP contribution is 2.21. The number of benzene rings is 3. The number of nitrogens with one attached hydrogen (secondary N) is 3. The van der Waals surface area contributed by atoms with Crippen LogP contribution in [0.2, 0.25) is 0 Å². The second-order valence-corrected chi connectivity index (χ2v) is 7.09. The van der Waals surface area contributed by atoms with E-state index in [2.05, 4.69) is 31.9 Å². The average Bonchev–Trinajstić information content (AvgIpc) is 2.73. The number of para-hydroxylation sites is 1. The molecule has 0 heterocycles. The first-order valence-electron chi connectivity index (χ1n) is 8.93. The van der Waals surface area contributed by atoms with E-state index in [9.17, 15) is 14.0 Å². The Bertz CT molecular complexity index is 1010. The minimum atomic E-state index is -0.354. The van der Waals surface area contributed by atoms with Gasteiger partial charge in [0.1, 0.15) is 5.82 Å². The van der Waals surface area contributed by atoms with Crippen LogP contribution in [-0.2, 0) is 11.3 Å². The maximum Gasteiger partial charge on any atom is 0.251 e. The van der Waals surface area contributed by atoms with Crippen molar-refractivity contribution in [3.8, 4) is 0 Å². The second kappa shape index (κ2) is 9.84. The molecule has 3 aromatic carbocycles. The number of amides is 2. The molecule has 3 rings (SSSR count). The van der Waals surface area contributed by atoms with Crippen LogP contribution in [0.5, 0.6) is 0 Å². The van der Waals surface area contributed by atoms with E-state index in [1.807, 2.05) is 18.2 Å². The van der Waals surface area contributed by atoms with Crippen LogP contribution in [0.25, 0.3) is 0 Å². The van der Waals surface area contributed by atoms with Gasteiger partial charge in [0, 0.05) is 27.8 Å². The van der Waals surface area contributed by atoms with Crippen LogP contribution >= 0.6 is 15.9 Å². The highest BCUT2D eigenvalue weighted by Gasteiger charge is 2.08. The highest BCUT2D eigenvalue weighted by molar-refractivity contribution is 9.10. The number of rotatable bonds is 7. The molecule has 0 fully saturated rings. The van der Waals surface area contributed by atoms with Crippen LogP contribution in [0.3, 0.4) is 0 Å². The Labute approximate surface area is 176 Å². The van der Waals surface area contributed by atoms with Crippen molar-refractivity contribution in [3.63, 3.8) is 0 Å². The van der Waals surface area contributed by atoms with Gasteiger partial charge in [0.25, 0.3) is 5.91 Å². The molecule has 0 atom stereocenters. The van der Waals surface area contributed by atoms with E-state index < -0.39 is 0 Å². The van der Waals surface area contributed by atoms with Crippen LogP contribution in [0.1, 0.15) is 15.9 Å². The van der Waals surface area contributed by atoms with Gasteiger partial charge in [-0.3, -0.25) is 9.59 Å². The van der Waals surface area contributed by atoms with E-state index in [-0.39, 0.29) is 30.7 Å². The number of hydrogen-bond acceptors (Lipinski definition) is 3. The van der Waals surface area contributed by atoms with Crippen molar-refractivity contribution in [2.75, 3.05) is 17.2 Å². The van der Waals surface area contributed by atoms with Gasteiger partial charge < -0.3 is 16.0 Å². The third-order valence-electron chi connectivity index (χ3n) is 4.15. The summed E-state index contributed by atoms with van der Waals surface area (Å²) in [7, 11) is 0. The second-order valence-electron chi connectivity index (χ2n) is 6.23. The maximum atomic E-state index is 13.6. The smallest absolute Gasteiger partial charge is 0.251 e.